The van der Waals surface area contributed by atoms with Crippen molar-refractivity contribution in [2.75, 3.05) is 18.6 Å². The highest BCUT2D eigenvalue weighted by Gasteiger charge is 2.45. The van der Waals surface area contributed by atoms with Gasteiger partial charge in [0.2, 0.25) is 5.79 Å². The predicted octanol–water partition coefficient (Wildman–Crippen LogP) is 7.16. The Labute approximate surface area is 302 Å². The Morgan fingerprint density at radius 3 is 2.33 bits per heavy atom. The number of carbonyl (C=O) groups excluding carboxylic acids is 2. The fourth-order valence-electron chi connectivity index (χ4n) is 5.61. The standard InChI is InChI=1S/C40H53NO10/c1-12-41(37(44)51-38(4,5)6)29-22-28(34-33(23-29)48-40(9,10)50-36(34)43)14-13-15-32-35(49-39(7,8)47-32)31(21-16-25(2)26(3)42)46-24-27-17-19-30(45-11)20-18-27/h16-23,25-26,31-32,35,42H,12,15,24H2,1-11H3/b21-16-/t25-,26+,31-,32+,35-/m1/s1. The molecule has 2 heterocycles. The summed E-state index contributed by atoms with van der Waals surface area (Å²) in [4.78, 5) is 27.9. The molecule has 51 heavy (non-hydrogen) atoms. The van der Waals surface area contributed by atoms with E-state index in [1.165, 1.54) is 4.90 Å². The van der Waals surface area contributed by atoms with Gasteiger partial charge in [0.05, 0.1) is 25.5 Å². The van der Waals surface area contributed by atoms with Crippen LogP contribution >= 0.6 is 0 Å². The van der Waals surface area contributed by atoms with Gasteiger partial charge in [-0.3, -0.25) is 4.90 Å². The van der Waals surface area contributed by atoms with Gasteiger partial charge < -0.3 is 38.3 Å². The van der Waals surface area contributed by atoms with Crippen LogP contribution in [0.4, 0.5) is 10.5 Å². The lowest BCUT2D eigenvalue weighted by Crippen LogP contribution is -2.40. The molecule has 278 valence electrons. The maximum Gasteiger partial charge on any atom is 0.414 e. The van der Waals surface area contributed by atoms with Gasteiger partial charge in [0.1, 0.15) is 41.0 Å². The maximum atomic E-state index is 13.3. The van der Waals surface area contributed by atoms with Gasteiger partial charge in [0.15, 0.2) is 5.79 Å². The number of rotatable bonds is 11. The first-order valence-corrected chi connectivity index (χ1v) is 17.4. The molecule has 5 atom stereocenters. The first kappa shape index (κ1) is 39.7. The Balaban J connectivity index is 1.67. The summed E-state index contributed by atoms with van der Waals surface area (Å²) in [6, 6.07) is 10.9. The molecule has 2 aromatic rings. The average molecular weight is 708 g/mol. The number of fused-ring (bicyclic) bond motifs is 1. The molecule has 1 saturated heterocycles. The van der Waals surface area contributed by atoms with Crippen LogP contribution in [0, 0.1) is 17.8 Å². The van der Waals surface area contributed by atoms with E-state index in [1.54, 1.807) is 60.8 Å². The van der Waals surface area contributed by atoms with E-state index in [0.29, 0.717) is 24.4 Å². The van der Waals surface area contributed by atoms with E-state index in [1.807, 2.05) is 64.1 Å². The number of anilines is 1. The van der Waals surface area contributed by atoms with Crippen LogP contribution in [0.5, 0.6) is 11.5 Å². The molecule has 4 rings (SSSR count). The zero-order valence-corrected chi connectivity index (χ0v) is 31.7. The second kappa shape index (κ2) is 16.1. The van der Waals surface area contributed by atoms with Crippen molar-refractivity contribution in [2.24, 2.45) is 5.92 Å². The number of ether oxygens (including phenoxy) is 7. The van der Waals surface area contributed by atoms with E-state index >= 15 is 0 Å². The monoisotopic (exact) mass is 707 g/mol. The zero-order chi connectivity index (χ0) is 37.7. The molecule has 0 aromatic heterocycles. The van der Waals surface area contributed by atoms with Crippen LogP contribution < -0.4 is 14.4 Å². The van der Waals surface area contributed by atoms with E-state index in [-0.39, 0.29) is 23.7 Å². The molecule has 0 bridgehead atoms. The summed E-state index contributed by atoms with van der Waals surface area (Å²) in [6.07, 6.45) is 1.33. The van der Waals surface area contributed by atoms with Crippen molar-refractivity contribution >= 4 is 17.7 Å². The molecule has 1 amide bonds. The highest BCUT2D eigenvalue weighted by molar-refractivity contribution is 5.98. The molecule has 0 spiro atoms. The smallest absolute Gasteiger partial charge is 0.414 e. The van der Waals surface area contributed by atoms with E-state index < -0.39 is 53.7 Å². The highest BCUT2D eigenvalue weighted by atomic mass is 16.8. The highest BCUT2D eigenvalue weighted by Crippen LogP contribution is 2.38. The van der Waals surface area contributed by atoms with Gasteiger partial charge in [-0.25, -0.2) is 9.59 Å². The fourth-order valence-corrected chi connectivity index (χ4v) is 5.61. The summed E-state index contributed by atoms with van der Waals surface area (Å²) in [7, 11) is 1.62. The molecule has 0 saturated carbocycles. The van der Waals surface area contributed by atoms with Gasteiger partial charge in [-0.1, -0.05) is 43.0 Å². The Morgan fingerprint density at radius 1 is 1.04 bits per heavy atom. The first-order chi connectivity index (χ1) is 23.8. The van der Waals surface area contributed by atoms with Crippen LogP contribution in [0.15, 0.2) is 48.6 Å². The summed E-state index contributed by atoms with van der Waals surface area (Å²) < 4.78 is 41.7. The topological polar surface area (TPSA) is 122 Å². The Bertz CT molecular complexity index is 1630. The van der Waals surface area contributed by atoms with Crippen molar-refractivity contribution in [1.29, 1.82) is 0 Å². The first-order valence-electron chi connectivity index (χ1n) is 17.4. The molecule has 11 heteroatoms. The summed E-state index contributed by atoms with van der Waals surface area (Å²) in [5.74, 6) is 4.47. The van der Waals surface area contributed by atoms with Crippen LogP contribution in [-0.4, -0.2) is 72.4 Å². The largest absolute Gasteiger partial charge is 0.497 e. The van der Waals surface area contributed by atoms with Crippen molar-refractivity contribution in [3.05, 3.63) is 65.2 Å². The second-order valence-electron chi connectivity index (χ2n) is 14.7. The van der Waals surface area contributed by atoms with E-state index in [2.05, 4.69) is 11.8 Å². The number of hydrogen-bond donors (Lipinski definition) is 1. The fraction of sp³-hybridized carbons (Fsp3) is 0.550. The van der Waals surface area contributed by atoms with Crippen molar-refractivity contribution in [3.63, 3.8) is 0 Å². The normalized spacial score (nSPS) is 21.0. The third-order valence-corrected chi connectivity index (χ3v) is 8.27. The summed E-state index contributed by atoms with van der Waals surface area (Å²) in [5, 5.41) is 10.1. The third-order valence-electron chi connectivity index (χ3n) is 8.27. The third kappa shape index (κ3) is 10.7. The Morgan fingerprint density at radius 2 is 1.73 bits per heavy atom. The molecular formula is C40H53NO10. The number of aliphatic hydroxyl groups excluding tert-OH is 1. The number of aliphatic hydroxyl groups is 1. The summed E-state index contributed by atoms with van der Waals surface area (Å²) in [6.45, 7) is 18.4. The minimum absolute atomic E-state index is 0.126. The van der Waals surface area contributed by atoms with Crippen molar-refractivity contribution < 1.29 is 47.9 Å². The van der Waals surface area contributed by atoms with Gasteiger partial charge in [-0.15, -0.1) is 0 Å². The van der Waals surface area contributed by atoms with Gasteiger partial charge in [0, 0.05) is 38.4 Å². The van der Waals surface area contributed by atoms with Crippen LogP contribution in [0.1, 0.15) is 97.1 Å². The SMILES string of the molecule is CCN(C(=O)OC(C)(C)C)c1cc(C#CC[C@@H]2OC(C)(C)O[C@@H]2[C@@H](/C=C\[C@@H](C)[C@H](C)O)OCc2ccc(OC)cc2)c2c(c1)OC(C)(C)OC2=O. The molecule has 1 fully saturated rings. The molecule has 0 unspecified atom stereocenters. The Kier molecular flexibility index (Phi) is 12.5. The van der Waals surface area contributed by atoms with E-state index in [4.69, 9.17) is 33.2 Å². The van der Waals surface area contributed by atoms with Crippen LogP contribution in [-0.2, 0) is 30.3 Å². The number of methoxy groups -OCH3 is 1. The lowest BCUT2D eigenvalue weighted by atomic mass is 10.00. The quantitative estimate of drug-likeness (QED) is 0.146. The van der Waals surface area contributed by atoms with Crippen LogP contribution in [0.3, 0.4) is 0 Å². The molecule has 1 N–H and O–H groups in total. The molecule has 11 nitrogen and oxygen atoms in total. The number of cyclic esters (lactones) is 1. The Hall–Kier alpha value is -4.08. The number of benzene rings is 2. The molecular weight excluding hydrogens is 654 g/mol. The molecule has 2 aromatic carbocycles. The second-order valence-corrected chi connectivity index (χ2v) is 14.7. The van der Waals surface area contributed by atoms with Crippen molar-refractivity contribution in [3.8, 4) is 23.3 Å². The molecule has 2 aliphatic heterocycles. The number of carbonyl (C=O) groups is 2. The van der Waals surface area contributed by atoms with Gasteiger partial charge in [-0.05, 0) is 78.1 Å². The number of hydrogen-bond acceptors (Lipinski definition) is 10. The van der Waals surface area contributed by atoms with Crippen LogP contribution in [0.25, 0.3) is 0 Å². The van der Waals surface area contributed by atoms with Crippen molar-refractivity contribution in [1.82, 2.24) is 0 Å². The van der Waals surface area contributed by atoms with E-state index in [9.17, 15) is 14.7 Å². The number of nitrogens with zero attached hydrogens (tertiary/aromatic N) is 1. The average Bonchev–Trinajstić information content (AvgIpc) is 3.33. The summed E-state index contributed by atoms with van der Waals surface area (Å²) in [5.41, 5.74) is 1.20. The van der Waals surface area contributed by atoms with Gasteiger partial charge >= 0.3 is 12.1 Å². The maximum absolute atomic E-state index is 13.3. The summed E-state index contributed by atoms with van der Waals surface area (Å²) >= 11 is 0. The predicted molar refractivity (Wildman–Crippen MR) is 193 cm³/mol. The minimum atomic E-state index is -1.22. The lowest BCUT2D eigenvalue weighted by Gasteiger charge is -2.33. The lowest BCUT2D eigenvalue weighted by molar-refractivity contribution is -0.156. The van der Waals surface area contributed by atoms with E-state index in [0.717, 1.165) is 11.3 Å². The number of esters is 1. The number of amides is 1. The van der Waals surface area contributed by atoms with Gasteiger partial charge in [-0.2, -0.15) is 0 Å². The molecule has 2 aliphatic rings. The minimum Gasteiger partial charge on any atom is -0.497 e. The molecule has 0 aliphatic carbocycles. The van der Waals surface area contributed by atoms with Crippen molar-refractivity contribution in [2.45, 2.75) is 124 Å². The van der Waals surface area contributed by atoms with Gasteiger partial charge in [0.25, 0.3) is 0 Å². The van der Waals surface area contributed by atoms with Crippen LogP contribution in [0.2, 0.25) is 0 Å². The molecule has 0 radical (unpaired) electrons. The zero-order valence-electron chi connectivity index (χ0n) is 31.7.